The van der Waals surface area contributed by atoms with Crippen molar-refractivity contribution in [1.29, 1.82) is 0 Å². The van der Waals surface area contributed by atoms with Crippen molar-refractivity contribution in [3.8, 4) is 0 Å². The molecule has 0 saturated heterocycles. The zero-order chi connectivity index (χ0) is 11.9. The van der Waals surface area contributed by atoms with E-state index >= 15 is 0 Å². The predicted octanol–water partition coefficient (Wildman–Crippen LogP) is 3.64. The van der Waals surface area contributed by atoms with Crippen LogP contribution in [0.1, 0.15) is 19.5 Å². The summed E-state index contributed by atoms with van der Waals surface area (Å²) in [7, 11) is 0. The molecule has 2 heterocycles. The lowest BCUT2D eigenvalue weighted by Crippen LogP contribution is -2.00. The van der Waals surface area contributed by atoms with Crippen LogP contribution in [-0.2, 0) is 6.42 Å². The molecule has 3 nitrogen and oxygen atoms in total. The molecule has 0 amide bonds. The van der Waals surface area contributed by atoms with E-state index in [1.54, 1.807) is 0 Å². The fourth-order valence-electron chi connectivity index (χ4n) is 1.67. The number of anilines is 1. The molecule has 0 saturated carbocycles. The van der Waals surface area contributed by atoms with Gasteiger partial charge in [-0.3, -0.25) is 4.40 Å². The monoisotopic (exact) mass is 345 g/mol. The second-order valence-electron chi connectivity index (χ2n) is 4.24. The average Bonchev–Trinajstić information content (AvgIpc) is 2.45. The van der Waals surface area contributed by atoms with E-state index in [1.807, 2.05) is 16.7 Å². The highest BCUT2D eigenvalue weighted by atomic mass is 79.9. The Balaban J connectivity index is 2.63. The minimum atomic E-state index is 0.550. The smallest absolute Gasteiger partial charge is 0.153 e. The van der Waals surface area contributed by atoms with E-state index in [1.165, 1.54) is 0 Å². The predicted molar refractivity (Wildman–Crippen MR) is 73.5 cm³/mol. The number of nitrogens with two attached hydrogens (primary N) is 1. The summed E-state index contributed by atoms with van der Waals surface area (Å²) in [6.07, 6.45) is 2.84. The van der Waals surface area contributed by atoms with Crippen LogP contribution in [0.3, 0.4) is 0 Å². The Bertz CT molecular complexity index is 531. The highest BCUT2D eigenvalue weighted by molar-refractivity contribution is 9.11. The van der Waals surface area contributed by atoms with Crippen molar-refractivity contribution in [2.75, 3.05) is 5.73 Å². The summed E-state index contributed by atoms with van der Waals surface area (Å²) in [5.74, 6) is 1.28. The highest BCUT2D eigenvalue weighted by Gasteiger charge is 2.13. The molecule has 86 valence electrons. The molecule has 0 aromatic carbocycles. The summed E-state index contributed by atoms with van der Waals surface area (Å²) in [4.78, 5) is 4.56. The Morgan fingerprint density at radius 3 is 2.75 bits per heavy atom. The van der Waals surface area contributed by atoms with E-state index in [0.29, 0.717) is 5.92 Å². The lowest BCUT2D eigenvalue weighted by molar-refractivity contribution is 0.639. The van der Waals surface area contributed by atoms with Crippen LogP contribution >= 0.6 is 31.9 Å². The van der Waals surface area contributed by atoms with Crippen molar-refractivity contribution in [2.45, 2.75) is 20.3 Å². The molecule has 16 heavy (non-hydrogen) atoms. The molecule has 2 N–H and O–H groups in total. The number of hydrogen-bond donors (Lipinski definition) is 1. The van der Waals surface area contributed by atoms with Gasteiger partial charge in [-0.2, -0.15) is 0 Å². The van der Waals surface area contributed by atoms with Gasteiger partial charge in [0.2, 0.25) is 0 Å². The number of fused-ring (bicyclic) bond motifs is 1. The molecule has 0 radical (unpaired) electrons. The molecule has 2 aromatic rings. The van der Waals surface area contributed by atoms with Gasteiger partial charge in [-0.25, -0.2) is 4.98 Å². The summed E-state index contributed by atoms with van der Waals surface area (Å²) in [6, 6.07) is 1.97. The van der Waals surface area contributed by atoms with Crippen molar-refractivity contribution >= 4 is 43.3 Å². The van der Waals surface area contributed by atoms with E-state index in [9.17, 15) is 0 Å². The molecule has 5 heteroatoms. The van der Waals surface area contributed by atoms with Gasteiger partial charge in [0.15, 0.2) is 5.65 Å². The number of rotatable bonds is 2. The van der Waals surface area contributed by atoms with Gasteiger partial charge >= 0.3 is 0 Å². The molecule has 0 aliphatic carbocycles. The second kappa shape index (κ2) is 4.37. The maximum Gasteiger partial charge on any atom is 0.153 e. The van der Waals surface area contributed by atoms with Crippen LogP contribution in [0.4, 0.5) is 5.82 Å². The van der Waals surface area contributed by atoms with E-state index < -0.39 is 0 Å². The first-order valence-corrected chi connectivity index (χ1v) is 6.69. The van der Waals surface area contributed by atoms with Gasteiger partial charge in [-0.1, -0.05) is 13.8 Å². The highest BCUT2D eigenvalue weighted by Crippen LogP contribution is 2.27. The molecule has 0 unspecified atom stereocenters. The largest absolute Gasteiger partial charge is 0.383 e. The quantitative estimate of drug-likeness (QED) is 0.902. The van der Waals surface area contributed by atoms with E-state index in [4.69, 9.17) is 5.73 Å². The molecule has 2 rings (SSSR count). The molecular weight excluding hydrogens is 334 g/mol. The standard InChI is InChI=1S/C11H13Br2N3/c1-6(2)3-9-10(14)16-5-7(12)4-8(13)11(16)15-9/h4-6H,3,14H2,1-2H3. The van der Waals surface area contributed by atoms with Gasteiger partial charge in [-0.15, -0.1) is 0 Å². The first-order valence-electron chi connectivity index (χ1n) is 5.10. The van der Waals surface area contributed by atoms with Crippen LogP contribution < -0.4 is 5.73 Å². The molecule has 0 spiro atoms. The normalized spacial score (nSPS) is 11.6. The van der Waals surface area contributed by atoms with Gasteiger partial charge < -0.3 is 5.73 Å². The lowest BCUT2D eigenvalue weighted by atomic mass is 10.1. The summed E-state index contributed by atoms with van der Waals surface area (Å²) in [5.41, 5.74) is 7.92. The molecule has 0 bridgehead atoms. The summed E-state index contributed by atoms with van der Waals surface area (Å²) < 4.78 is 3.84. The Morgan fingerprint density at radius 2 is 2.12 bits per heavy atom. The average molecular weight is 347 g/mol. The lowest BCUT2D eigenvalue weighted by Gasteiger charge is -2.02. The van der Waals surface area contributed by atoms with Crippen LogP contribution in [0.15, 0.2) is 21.2 Å². The number of hydrogen-bond acceptors (Lipinski definition) is 2. The van der Waals surface area contributed by atoms with Crippen molar-refractivity contribution in [2.24, 2.45) is 5.92 Å². The Morgan fingerprint density at radius 1 is 1.44 bits per heavy atom. The Labute approximate surface area is 111 Å². The molecular formula is C11H13Br2N3. The number of aromatic nitrogens is 2. The SMILES string of the molecule is CC(C)Cc1nc2c(Br)cc(Br)cn2c1N. The van der Waals surface area contributed by atoms with Gasteiger partial charge in [0, 0.05) is 10.7 Å². The topological polar surface area (TPSA) is 43.3 Å². The first-order chi connectivity index (χ1) is 7.49. The zero-order valence-electron chi connectivity index (χ0n) is 9.17. The molecule has 0 atom stereocenters. The minimum Gasteiger partial charge on any atom is -0.383 e. The van der Waals surface area contributed by atoms with Gasteiger partial charge in [0.1, 0.15) is 5.82 Å². The fraction of sp³-hybridized carbons (Fsp3) is 0.364. The summed E-state index contributed by atoms with van der Waals surface area (Å²) in [6.45, 7) is 4.32. The molecule has 0 fully saturated rings. The van der Waals surface area contributed by atoms with Crippen LogP contribution in [0, 0.1) is 5.92 Å². The maximum absolute atomic E-state index is 6.08. The minimum absolute atomic E-state index is 0.550. The number of nitrogens with zero attached hydrogens (tertiary/aromatic N) is 2. The third kappa shape index (κ3) is 2.11. The number of pyridine rings is 1. The molecule has 0 aliphatic heterocycles. The van der Waals surface area contributed by atoms with Crippen molar-refractivity contribution < 1.29 is 0 Å². The third-order valence-electron chi connectivity index (χ3n) is 2.36. The first kappa shape index (κ1) is 11.9. The van der Waals surface area contributed by atoms with Gasteiger partial charge in [0.05, 0.1) is 10.2 Å². The van der Waals surface area contributed by atoms with E-state index in [0.717, 1.165) is 32.5 Å². The fourth-order valence-corrected chi connectivity index (χ4v) is 2.94. The van der Waals surface area contributed by atoms with Crippen LogP contribution in [-0.4, -0.2) is 9.38 Å². The Hall–Kier alpha value is -0.550. The molecule has 2 aromatic heterocycles. The third-order valence-corrected chi connectivity index (χ3v) is 3.37. The van der Waals surface area contributed by atoms with Crippen LogP contribution in [0.5, 0.6) is 0 Å². The van der Waals surface area contributed by atoms with Crippen LogP contribution in [0.2, 0.25) is 0 Å². The molecule has 0 aliphatic rings. The second-order valence-corrected chi connectivity index (χ2v) is 6.01. The van der Waals surface area contributed by atoms with E-state index in [-0.39, 0.29) is 0 Å². The number of halogens is 2. The van der Waals surface area contributed by atoms with Crippen LogP contribution in [0.25, 0.3) is 5.65 Å². The summed E-state index contributed by atoms with van der Waals surface area (Å²) in [5, 5.41) is 0. The maximum atomic E-state index is 6.08. The van der Waals surface area contributed by atoms with Crippen molar-refractivity contribution in [3.63, 3.8) is 0 Å². The Kier molecular flexibility index (Phi) is 3.26. The zero-order valence-corrected chi connectivity index (χ0v) is 12.3. The van der Waals surface area contributed by atoms with E-state index in [2.05, 4.69) is 50.7 Å². The van der Waals surface area contributed by atoms with Gasteiger partial charge in [-0.05, 0) is 50.3 Å². The van der Waals surface area contributed by atoms with Crippen molar-refractivity contribution in [1.82, 2.24) is 9.38 Å². The number of imidazole rings is 1. The summed E-state index contributed by atoms with van der Waals surface area (Å²) >= 11 is 6.94. The van der Waals surface area contributed by atoms with Crippen molar-refractivity contribution in [3.05, 3.63) is 26.9 Å². The number of nitrogen functional groups attached to an aromatic ring is 1. The van der Waals surface area contributed by atoms with Gasteiger partial charge in [0.25, 0.3) is 0 Å².